The van der Waals surface area contributed by atoms with Gasteiger partial charge < -0.3 is 15.9 Å². The second kappa shape index (κ2) is 6.43. The fourth-order valence-electron chi connectivity index (χ4n) is 2.62. The van der Waals surface area contributed by atoms with Gasteiger partial charge in [0.25, 0.3) is 0 Å². The van der Waals surface area contributed by atoms with Crippen molar-refractivity contribution in [2.45, 2.75) is 64.8 Å². The van der Waals surface area contributed by atoms with E-state index in [9.17, 15) is 15.0 Å². The zero-order valence-electron chi connectivity index (χ0n) is 14.6. The number of rotatable bonds is 6. The Hall–Kier alpha value is -1.50. The zero-order chi connectivity index (χ0) is 18.3. The minimum absolute atomic E-state index is 0.217. The molecule has 0 fully saturated rings. The quantitative estimate of drug-likeness (QED) is 0.693. The number of nitrogens with zero attached hydrogens (tertiary/aromatic N) is 2. The number of aryl methyl sites for hydroxylation is 2. The van der Waals surface area contributed by atoms with Crippen LogP contribution in [-0.2, 0) is 13.1 Å². The summed E-state index contributed by atoms with van der Waals surface area (Å²) in [6, 6.07) is 3.33. The van der Waals surface area contributed by atoms with Gasteiger partial charge in [0.1, 0.15) is 0 Å². The maximum Gasteiger partial charge on any atom is 0.329 e. The molecule has 134 valence electrons. The maximum absolute atomic E-state index is 12.8. The van der Waals surface area contributed by atoms with Gasteiger partial charge in [0, 0.05) is 18.8 Å². The highest BCUT2D eigenvalue weighted by molar-refractivity contribution is 6.35. The smallest absolute Gasteiger partial charge is 0.329 e. The molecule has 1 heterocycles. The van der Waals surface area contributed by atoms with Gasteiger partial charge >= 0.3 is 5.69 Å². The van der Waals surface area contributed by atoms with Crippen LogP contribution in [0.3, 0.4) is 0 Å². The molecule has 0 amide bonds. The molecule has 0 aliphatic rings. The van der Waals surface area contributed by atoms with Crippen LogP contribution < -0.4 is 11.4 Å². The highest BCUT2D eigenvalue weighted by Gasteiger charge is 2.21. The van der Waals surface area contributed by atoms with E-state index in [1.54, 1.807) is 49.0 Å². The molecule has 6 nitrogen and oxygen atoms in total. The van der Waals surface area contributed by atoms with Crippen LogP contribution in [0.4, 0.5) is 5.69 Å². The molecule has 0 atom stereocenters. The van der Waals surface area contributed by atoms with Crippen molar-refractivity contribution in [2.24, 2.45) is 0 Å². The largest absolute Gasteiger partial charge is 0.399 e. The van der Waals surface area contributed by atoms with Crippen molar-refractivity contribution in [3.8, 4) is 0 Å². The van der Waals surface area contributed by atoms with Crippen molar-refractivity contribution in [1.82, 2.24) is 9.13 Å². The van der Waals surface area contributed by atoms with Crippen molar-refractivity contribution in [2.75, 3.05) is 5.73 Å². The molecule has 0 spiro atoms. The number of imidazole rings is 1. The van der Waals surface area contributed by atoms with Crippen molar-refractivity contribution >= 4 is 28.3 Å². The molecular formula is C17H26ClN3O3. The van der Waals surface area contributed by atoms with Crippen molar-refractivity contribution in [3.05, 3.63) is 27.6 Å². The van der Waals surface area contributed by atoms with Gasteiger partial charge in [-0.15, -0.1) is 0 Å². The second-order valence-corrected chi connectivity index (χ2v) is 7.99. The van der Waals surface area contributed by atoms with E-state index in [2.05, 4.69) is 0 Å². The number of aliphatic hydroxyl groups is 2. The van der Waals surface area contributed by atoms with Gasteiger partial charge in [-0.05, 0) is 52.7 Å². The average molecular weight is 356 g/mol. The first kappa shape index (κ1) is 18.8. The van der Waals surface area contributed by atoms with Gasteiger partial charge in [0.05, 0.1) is 27.3 Å². The summed E-state index contributed by atoms with van der Waals surface area (Å²) >= 11 is 6.33. The summed E-state index contributed by atoms with van der Waals surface area (Å²) in [6.45, 7) is 7.50. The Bertz CT molecular complexity index is 794. The van der Waals surface area contributed by atoms with Gasteiger partial charge in [0.2, 0.25) is 0 Å². The predicted octanol–water partition coefficient (Wildman–Crippen LogP) is 2.36. The number of aromatic nitrogens is 2. The number of hydrogen-bond acceptors (Lipinski definition) is 4. The SMILES string of the molecule is CC(C)(O)CCn1c(=O)n(CCC(C)(C)O)c2c(Cl)cc(N)cc21. The van der Waals surface area contributed by atoms with Crippen LogP contribution >= 0.6 is 11.6 Å². The monoisotopic (exact) mass is 355 g/mol. The predicted molar refractivity (Wildman–Crippen MR) is 97.5 cm³/mol. The summed E-state index contributed by atoms with van der Waals surface area (Å²) in [5.74, 6) is 0. The number of benzene rings is 1. The molecule has 2 rings (SSSR count). The first-order valence-electron chi connectivity index (χ1n) is 8.02. The molecule has 2 aromatic rings. The summed E-state index contributed by atoms with van der Waals surface area (Å²) in [7, 11) is 0. The molecule has 7 heteroatoms. The van der Waals surface area contributed by atoms with Crippen LogP contribution in [0.5, 0.6) is 0 Å². The van der Waals surface area contributed by atoms with Crippen LogP contribution in [0.2, 0.25) is 5.02 Å². The van der Waals surface area contributed by atoms with Gasteiger partial charge in [-0.25, -0.2) is 4.79 Å². The topological polar surface area (TPSA) is 93.4 Å². The second-order valence-electron chi connectivity index (χ2n) is 7.58. The van der Waals surface area contributed by atoms with Crippen LogP contribution in [0.1, 0.15) is 40.5 Å². The van der Waals surface area contributed by atoms with Crippen LogP contribution in [0, 0.1) is 0 Å². The summed E-state index contributed by atoms with van der Waals surface area (Å²) in [5.41, 5.74) is 5.62. The molecule has 0 aliphatic carbocycles. The lowest BCUT2D eigenvalue weighted by atomic mass is 10.1. The number of nitrogens with two attached hydrogens (primary N) is 1. The highest BCUT2D eigenvalue weighted by atomic mass is 35.5. The molecule has 1 aromatic carbocycles. The molecule has 0 saturated carbocycles. The molecule has 0 aliphatic heterocycles. The van der Waals surface area contributed by atoms with Crippen LogP contribution in [-0.4, -0.2) is 30.5 Å². The first-order chi connectivity index (χ1) is 10.9. The molecule has 24 heavy (non-hydrogen) atoms. The third-order valence-electron chi connectivity index (χ3n) is 3.98. The third kappa shape index (κ3) is 4.32. The van der Waals surface area contributed by atoms with Gasteiger partial charge in [-0.1, -0.05) is 11.6 Å². The summed E-state index contributed by atoms with van der Waals surface area (Å²) < 4.78 is 3.15. The molecule has 0 saturated heterocycles. The zero-order valence-corrected chi connectivity index (χ0v) is 15.4. The number of hydrogen-bond donors (Lipinski definition) is 3. The average Bonchev–Trinajstić information content (AvgIpc) is 2.64. The summed E-state index contributed by atoms with van der Waals surface area (Å²) in [5, 5.41) is 20.3. The lowest BCUT2D eigenvalue weighted by Gasteiger charge is -2.17. The Labute approximate surface area is 146 Å². The highest BCUT2D eigenvalue weighted by Crippen LogP contribution is 2.27. The van der Waals surface area contributed by atoms with Crippen molar-refractivity contribution < 1.29 is 10.2 Å². The Morgan fingerprint density at radius 1 is 1.04 bits per heavy atom. The summed E-state index contributed by atoms with van der Waals surface area (Å²) in [6.07, 6.45) is 0.835. The number of nitrogen functional groups attached to an aromatic ring is 1. The van der Waals surface area contributed by atoms with E-state index >= 15 is 0 Å². The molecule has 0 unspecified atom stereocenters. The van der Waals surface area contributed by atoms with E-state index < -0.39 is 11.2 Å². The fraction of sp³-hybridized carbons (Fsp3) is 0.588. The number of anilines is 1. The van der Waals surface area contributed by atoms with E-state index in [4.69, 9.17) is 17.3 Å². The Balaban J connectivity index is 2.57. The van der Waals surface area contributed by atoms with E-state index in [0.717, 1.165) is 0 Å². The van der Waals surface area contributed by atoms with E-state index in [0.29, 0.717) is 47.7 Å². The fourth-order valence-corrected chi connectivity index (χ4v) is 2.94. The molecular weight excluding hydrogens is 330 g/mol. The Morgan fingerprint density at radius 2 is 1.54 bits per heavy atom. The number of halogens is 1. The first-order valence-corrected chi connectivity index (χ1v) is 8.40. The maximum atomic E-state index is 12.8. The minimum Gasteiger partial charge on any atom is -0.399 e. The minimum atomic E-state index is -0.888. The van der Waals surface area contributed by atoms with Crippen LogP contribution in [0.25, 0.3) is 11.0 Å². The van der Waals surface area contributed by atoms with E-state index in [-0.39, 0.29) is 5.69 Å². The van der Waals surface area contributed by atoms with Gasteiger partial charge in [-0.3, -0.25) is 9.13 Å². The molecule has 1 aromatic heterocycles. The normalized spacial score (nSPS) is 13.0. The van der Waals surface area contributed by atoms with E-state index in [1.807, 2.05) is 0 Å². The Kier molecular flexibility index (Phi) is 5.04. The lowest BCUT2D eigenvalue weighted by molar-refractivity contribution is 0.0653. The lowest BCUT2D eigenvalue weighted by Crippen LogP contribution is -2.30. The number of fused-ring (bicyclic) bond motifs is 1. The van der Waals surface area contributed by atoms with Crippen molar-refractivity contribution in [1.29, 1.82) is 0 Å². The third-order valence-corrected chi connectivity index (χ3v) is 4.27. The summed E-state index contributed by atoms with van der Waals surface area (Å²) in [4.78, 5) is 12.8. The van der Waals surface area contributed by atoms with Crippen LogP contribution in [0.15, 0.2) is 16.9 Å². The van der Waals surface area contributed by atoms with E-state index in [1.165, 1.54) is 0 Å². The van der Waals surface area contributed by atoms with Gasteiger partial charge in [-0.2, -0.15) is 0 Å². The van der Waals surface area contributed by atoms with Crippen molar-refractivity contribution in [3.63, 3.8) is 0 Å². The molecule has 0 radical (unpaired) electrons. The standard InChI is InChI=1S/C17H26ClN3O3/c1-16(2,23)5-7-20-13-10-11(19)9-12(18)14(13)21(15(20)22)8-6-17(3,4)24/h9-10,23-24H,5-8,19H2,1-4H3. The molecule has 0 bridgehead atoms. The molecule has 4 N–H and O–H groups in total. The van der Waals surface area contributed by atoms with Gasteiger partial charge in [0.15, 0.2) is 0 Å². The Morgan fingerprint density at radius 3 is 2.04 bits per heavy atom.